The van der Waals surface area contributed by atoms with Crippen LogP contribution in [0.3, 0.4) is 0 Å². The van der Waals surface area contributed by atoms with Gasteiger partial charge in [0.15, 0.2) is 0 Å². The first-order valence-electron chi connectivity index (χ1n) is 26.2. The van der Waals surface area contributed by atoms with Crippen LogP contribution < -0.4 is 0 Å². The molecule has 15 rings (SSSR count). The normalized spacial score (nSPS) is 11.6. The Morgan fingerprint density at radius 2 is 0.423 bits per heavy atom. The van der Waals surface area contributed by atoms with E-state index in [-0.39, 0.29) is 0 Å². The number of nitrogens with zero attached hydrogens (tertiary/aromatic N) is 6. The van der Waals surface area contributed by atoms with Crippen molar-refractivity contribution in [2.45, 2.75) is 0 Å². The third-order valence-electron chi connectivity index (χ3n) is 15.0. The summed E-state index contributed by atoms with van der Waals surface area (Å²) < 4.78 is 0. The molecule has 6 aromatic heterocycles. The van der Waals surface area contributed by atoms with Crippen molar-refractivity contribution in [2.75, 3.05) is 0 Å². The average Bonchev–Trinajstić information content (AvgIpc) is 3.70. The van der Waals surface area contributed by atoms with E-state index in [2.05, 4.69) is 218 Å². The average molecular weight is 993 g/mol. The van der Waals surface area contributed by atoms with Gasteiger partial charge in [-0.1, -0.05) is 218 Å². The summed E-state index contributed by atoms with van der Waals surface area (Å²) in [5.74, 6) is 0. The molecule has 0 radical (unpaired) electrons. The lowest BCUT2D eigenvalue weighted by Gasteiger charge is -2.16. The summed E-state index contributed by atoms with van der Waals surface area (Å²) in [7, 11) is 0. The van der Waals surface area contributed by atoms with E-state index >= 15 is 0 Å². The summed E-state index contributed by atoms with van der Waals surface area (Å²) in [5.41, 5.74) is 20.9. The Morgan fingerprint density at radius 3 is 0.756 bits per heavy atom. The second-order valence-electron chi connectivity index (χ2n) is 19.8. The van der Waals surface area contributed by atoms with Crippen molar-refractivity contribution in [3.8, 4) is 89.8 Å². The van der Waals surface area contributed by atoms with Crippen molar-refractivity contribution in [3.05, 3.63) is 267 Å². The molecule has 0 atom stereocenters. The third-order valence-corrected chi connectivity index (χ3v) is 15.0. The fraction of sp³-hybridized carbons (Fsp3) is 0. The van der Waals surface area contributed by atoms with Gasteiger partial charge >= 0.3 is 0 Å². The van der Waals surface area contributed by atoms with Gasteiger partial charge in [0, 0.05) is 65.7 Å². The fourth-order valence-corrected chi connectivity index (χ4v) is 11.1. The van der Waals surface area contributed by atoms with E-state index in [4.69, 9.17) is 29.9 Å². The first-order chi connectivity index (χ1) is 38.6. The monoisotopic (exact) mass is 992 g/mol. The molecule has 0 N–H and O–H groups in total. The molecule has 0 fully saturated rings. The maximum absolute atomic E-state index is 5.55. The lowest BCUT2D eigenvalue weighted by molar-refractivity contribution is 1.36. The SMILES string of the molecule is c1ccc(-c2ccc3ccc4ccc(-c5cccc(-c6cc(-c7ccccc7)nc7c6ccc6c(-c8cccc(-c9ccc%10ccc%11ccc(-c%12ccccc%12)nc%11c%10n9)c8)cc(-c8ccccc8)nc67)c5)nc4c3n2)cc1. The summed E-state index contributed by atoms with van der Waals surface area (Å²) in [4.78, 5) is 32.2. The highest BCUT2D eigenvalue weighted by Crippen LogP contribution is 2.42. The quantitative estimate of drug-likeness (QED) is 0.141. The minimum atomic E-state index is 0.825. The smallest absolute Gasteiger partial charge is 0.0978 e. The first-order valence-corrected chi connectivity index (χ1v) is 26.2. The van der Waals surface area contributed by atoms with E-state index in [1.807, 2.05) is 48.5 Å². The van der Waals surface area contributed by atoms with E-state index in [1.165, 1.54) is 0 Å². The van der Waals surface area contributed by atoms with Crippen LogP contribution in [0.25, 0.3) is 155 Å². The summed E-state index contributed by atoms with van der Waals surface area (Å²) in [6.07, 6.45) is 0. The lowest BCUT2D eigenvalue weighted by atomic mass is 9.92. The summed E-state index contributed by atoms with van der Waals surface area (Å²) >= 11 is 0. The van der Waals surface area contributed by atoms with Crippen LogP contribution in [0.2, 0.25) is 0 Å². The van der Waals surface area contributed by atoms with Gasteiger partial charge in [-0.15, -0.1) is 0 Å². The van der Waals surface area contributed by atoms with E-state index in [0.29, 0.717) is 0 Å². The number of hydrogen-bond acceptors (Lipinski definition) is 6. The van der Waals surface area contributed by atoms with Crippen LogP contribution in [0, 0.1) is 0 Å². The number of pyridine rings is 6. The van der Waals surface area contributed by atoms with Crippen LogP contribution in [0.1, 0.15) is 0 Å². The van der Waals surface area contributed by atoms with Gasteiger partial charge < -0.3 is 0 Å². The van der Waals surface area contributed by atoms with Crippen LogP contribution in [0.15, 0.2) is 267 Å². The summed E-state index contributed by atoms with van der Waals surface area (Å²) in [5, 5.41) is 6.20. The van der Waals surface area contributed by atoms with E-state index < -0.39 is 0 Å². The largest absolute Gasteiger partial charge is 0.245 e. The van der Waals surface area contributed by atoms with Crippen LogP contribution in [-0.2, 0) is 0 Å². The Labute approximate surface area is 449 Å². The second-order valence-corrected chi connectivity index (χ2v) is 19.8. The van der Waals surface area contributed by atoms with Gasteiger partial charge in [-0.05, 0) is 70.8 Å². The predicted octanol–water partition coefficient (Wildman–Crippen LogP) is 18.3. The molecule has 0 aliphatic carbocycles. The predicted molar refractivity (Wildman–Crippen MR) is 322 cm³/mol. The van der Waals surface area contributed by atoms with Crippen molar-refractivity contribution in [2.24, 2.45) is 0 Å². The molecule has 0 unspecified atom stereocenters. The maximum atomic E-state index is 5.55. The second kappa shape index (κ2) is 18.7. The Hall–Kier alpha value is -10.6. The fourth-order valence-electron chi connectivity index (χ4n) is 11.1. The zero-order valence-corrected chi connectivity index (χ0v) is 42.1. The van der Waals surface area contributed by atoms with Gasteiger partial charge in [0.1, 0.15) is 0 Å². The Bertz CT molecular complexity index is 4530. The molecule has 0 bridgehead atoms. The minimum Gasteiger partial charge on any atom is -0.245 e. The molecular weight excluding hydrogens is 949 g/mol. The number of aromatic nitrogens is 6. The summed E-state index contributed by atoms with van der Waals surface area (Å²) in [6, 6.07) is 93.4. The Morgan fingerprint density at radius 1 is 0.167 bits per heavy atom. The highest BCUT2D eigenvalue weighted by Gasteiger charge is 2.19. The lowest BCUT2D eigenvalue weighted by Crippen LogP contribution is -1.96. The van der Waals surface area contributed by atoms with Crippen LogP contribution in [0.4, 0.5) is 0 Å². The Kier molecular flexibility index (Phi) is 10.7. The molecule has 15 aromatic rings. The molecule has 0 aliphatic rings. The van der Waals surface area contributed by atoms with Crippen molar-refractivity contribution >= 4 is 65.4 Å². The number of rotatable bonds is 8. The van der Waals surface area contributed by atoms with Gasteiger partial charge in [-0.25, -0.2) is 29.9 Å². The highest BCUT2D eigenvalue weighted by atomic mass is 14.8. The van der Waals surface area contributed by atoms with Crippen molar-refractivity contribution in [1.82, 2.24) is 29.9 Å². The number of benzene rings is 9. The van der Waals surface area contributed by atoms with Gasteiger partial charge in [0.05, 0.1) is 67.3 Å². The summed E-state index contributed by atoms with van der Waals surface area (Å²) in [6.45, 7) is 0. The van der Waals surface area contributed by atoms with Gasteiger partial charge in [-0.3, -0.25) is 0 Å². The van der Waals surface area contributed by atoms with E-state index in [1.54, 1.807) is 0 Å². The molecule has 0 aliphatic heterocycles. The standard InChI is InChI=1S/C72H44N6/c1-5-15-45(16-6-1)61-37-31-49-27-29-51-33-39-63(75-69(51)67(49)73-61)55-25-13-23-53(41-55)59-43-65(47-19-9-3-10-20-47)77-71-57(59)35-36-58-60(44-66(78-72(58)71)48-21-11-4-12-22-48)54-24-14-26-56(42-54)64-40-34-52-30-28-50-32-38-62(46-17-7-2-8-18-46)74-68(50)70(52)76-64/h1-44H. The Balaban J connectivity index is 0.891. The molecule has 6 heterocycles. The van der Waals surface area contributed by atoms with E-state index in [0.717, 1.165) is 155 Å². The third kappa shape index (κ3) is 7.99. The zero-order valence-electron chi connectivity index (χ0n) is 42.1. The molecule has 0 saturated carbocycles. The van der Waals surface area contributed by atoms with Gasteiger partial charge in [0.25, 0.3) is 0 Å². The van der Waals surface area contributed by atoms with Gasteiger partial charge in [0.2, 0.25) is 0 Å². The number of hydrogen-bond donors (Lipinski definition) is 0. The molecule has 0 amide bonds. The van der Waals surface area contributed by atoms with Crippen molar-refractivity contribution < 1.29 is 0 Å². The van der Waals surface area contributed by atoms with Crippen LogP contribution >= 0.6 is 0 Å². The van der Waals surface area contributed by atoms with Crippen molar-refractivity contribution in [1.29, 1.82) is 0 Å². The minimum absolute atomic E-state index is 0.825. The molecule has 6 heteroatoms. The molecule has 9 aromatic carbocycles. The molecule has 0 saturated heterocycles. The molecule has 0 spiro atoms. The highest BCUT2D eigenvalue weighted by molar-refractivity contribution is 6.14. The van der Waals surface area contributed by atoms with Crippen molar-refractivity contribution in [3.63, 3.8) is 0 Å². The molecule has 78 heavy (non-hydrogen) atoms. The topological polar surface area (TPSA) is 77.3 Å². The van der Waals surface area contributed by atoms with Crippen LogP contribution in [0.5, 0.6) is 0 Å². The first kappa shape index (κ1) is 44.9. The number of fused-ring (bicyclic) bond motifs is 9. The zero-order chi connectivity index (χ0) is 51.5. The molecular formula is C72H44N6. The molecule has 362 valence electrons. The molecule has 6 nitrogen and oxygen atoms in total. The van der Waals surface area contributed by atoms with E-state index in [9.17, 15) is 0 Å². The maximum Gasteiger partial charge on any atom is 0.0978 e. The van der Waals surface area contributed by atoms with Crippen LogP contribution in [-0.4, -0.2) is 29.9 Å². The van der Waals surface area contributed by atoms with Gasteiger partial charge in [-0.2, -0.15) is 0 Å².